The van der Waals surface area contributed by atoms with Crippen molar-refractivity contribution < 1.29 is 23.5 Å². The third-order valence-electron chi connectivity index (χ3n) is 3.23. The topological polar surface area (TPSA) is 76.8 Å². The predicted octanol–water partition coefficient (Wildman–Crippen LogP) is 3.64. The molecule has 1 aromatic heterocycles. The van der Waals surface area contributed by atoms with E-state index in [0.717, 1.165) is 21.6 Å². The van der Waals surface area contributed by atoms with Crippen LogP contribution in [0.25, 0.3) is 6.08 Å². The van der Waals surface area contributed by atoms with Gasteiger partial charge in [-0.3, -0.25) is 19.3 Å². The number of ether oxygens (including phenoxy) is 1. The van der Waals surface area contributed by atoms with Gasteiger partial charge in [-0.2, -0.15) is 0 Å². The summed E-state index contributed by atoms with van der Waals surface area (Å²) >= 11 is 2.22. The fourth-order valence-electron chi connectivity index (χ4n) is 2.03. The van der Waals surface area contributed by atoms with E-state index in [0.29, 0.717) is 10.9 Å². The van der Waals surface area contributed by atoms with Crippen molar-refractivity contribution in [3.63, 3.8) is 0 Å². The Kier molecular flexibility index (Phi) is 5.30. The first-order valence-electron chi connectivity index (χ1n) is 7.22. The number of methoxy groups -OCH3 is 1. The zero-order valence-corrected chi connectivity index (χ0v) is 14.8. The van der Waals surface area contributed by atoms with Crippen LogP contribution < -0.4 is 0 Å². The monoisotopic (exact) mass is 375 g/mol. The van der Waals surface area contributed by atoms with Crippen molar-refractivity contribution >= 4 is 46.7 Å². The predicted molar refractivity (Wildman–Crippen MR) is 94.0 cm³/mol. The van der Waals surface area contributed by atoms with Crippen molar-refractivity contribution in [3.05, 3.63) is 53.1 Å². The van der Waals surface area contributed by atoms with Crippen LogP contribution in [0.1, 0.15) is 5.76 Å². The second kappa shape index (κ2) is 7.62. The lowest BCUT2D eigenvalue weighted by molar-refractivity contribution is -0.143. The van der Waals surface area contributed by atoms with Gasteiger partial charge in [0.1, 0.15) is 12.3 Å². The summed E-state index contributed by atoms with van der Waals surface area (Å²) in [7, 11) is 1.20. The zero-order valence-electron chi connectivity index (χ0n) is 13.1. The molecule has 0 N–H and O–H groups in total. The largest absolute Gasteiger partial charge is 0.468 e. The molecule has 0 radical (unpaired) electrons. The van der Waals surface area contributed by atoms with Crippen molar-refractivity contribution in [2.75, 3.05) is 13.7 Å². The van der Waals surface area contributed by atoms with Gasteiger partial charge >= 0.3 is 5.97 Å². The molecular weight excluding hydrogens is 362 g/mol. The smallest absolute Gasteiger partial charge is 0.325 e. The third kappa shape index (κ3) is 4.15. The summed E-state index contributed by atoms with van der Waals surface area (Å²) in [6, 6.07) is 13.2. The molecule has 1 aromatic carbocycles. The van der Waals surface area contributed by atoms with E-state index in [1.165, 1.54) is 24.9 Å². The van der Waals surface area contributed by atoms with Gasteiger partial charge in [0.05, 0.1) is 12.0 Å². The first-order valence-corrected chi connectivity index (χ1v) is 8.85. The van der Waals surface area contributed by atoms with Gasteiger partial charge < -0.3 is 9.15 Å². The first-order chi connectivity index (χ1) is 12.1. The van der Waals surface area contributed by atoms with Crippen molar-refractivity contribution in [3.8, 4) is 0 Å². The van der Waals surface area contributed by atoms with Crippen LogP contribution in [-0.2, 0) is 14.3 Å². The van der Waals surface area contributed by atoms with Crippen LogP contribution >= 0.6 is 23.5 Å². The molecule has 0 atom stereocenters. The Morgan fingerprint density at radius 3 is 2.72 bits per heavy atom. The fourth-order valence-corrected chi connectivity index (χ4v) is 3.65. The number of furan rings is 1. The molecule has 0 unspecified atom stereocenters. The number of hydrogen-bond donors (Lipinski definition) is 0. The molecule has 1 saturated heterocycles. The van der Waals surface area contributed by atoms with Gasteiger partial charge in [-0.25, -0.2) is 0 Å². The number of imide groups is 1. The quantitative estimate of drug-likeness (QED) is 0.583. The molecule has 1 fully saturated rings. The first kappa shape index (κ1) is 17.4. The lowest BCUT2D eigenvalue weighted by Crippen LogP contribution is -2.34. The van der Waals surface area contributed by atoms with Gasteiger partial charge in [0.15, 0.2) is 5.09 Å². The summed E-state index contributed by atoms with van der Waals surface area (Å²) in [5.74, 6) is -0.723. The Labute approximate surface area is 152 Å². The van der Waals surface area contributed by atoms with Crippen molar-refractivity contribution in [1.82, 2.24) is 4.90 Å². The van der Waals surface area contributed by atoms with E-state index in [1.807, 2.05) is 30.3 Å². The molecule has 0 bridgehead atoms. The van der Waals surface area contributed by atoms with Crippen LogP contribution in [-0.4, -0.2) is 35.7 Å². The number of carbonyl (C=O) groups is 3. The number of thioether (sulfide) groups is 1. The van der Waals surface area contributed by atoms with E-state index in [-0.39, 0.29) is 4.91 Å². The lowest BCUT2D eigenvalue weighted by Gasteiger charge is -2.09. The van der Waals surface area contributed by atoms with Crippen LogP contribution in [0, 0.1) is 0 Å². The highest BCUT2D eigenvalue weighted by atomic mass is 32.2. The maximum absolute atomic E-state index is 12.2. The zero-order chi connectivity index (χ0) is 17.8. The second-order valence-corrected chi connectivity index (χ2v) is 6.99. The van der Waals surface area contributed by atoms with Gasteiger partial charge in [0, 0.05) is 11.0 Å². The molecule has 1 aliphatic rings. The summed E-state index contributed by atoms with van der Waals surface area (Å²) in [4.78, 5) is 37.5. The third-order valence-corrected chi connectivity index (χ3v) is 5.06. The number of carbonyl (C=O) groups excluding carboxylic acids is 3. The van der Waals surface area contributed by atoms with Crippen molar-refractivity contribution in [1.29, 1.82) is 0 Å². The molecule has 3 rings (SSSR count). The molecular formula is C17H13NO5S2. The Hall–Kier alpha value is -2.45. The van der Waals surface area contributed by atoms with E-state index in [1.54, 1.807) is 12.1 Å². The van der Waals surface area contributed by atoms with Gasteiger partial charge in [-0.1, -0.05) is 30.0 Å². The maximum atomic E-state index is 12.2. The molecule has 8 heteroatoms. The average molecular weight is 375 g/mol. The normalized spacial score (nSPS) is 15.9. The summed E-state index contributed by atoms with van der Waals surface area (Å²) in [6.45, 7) is -0.397. The molecule has 0 saturated carbocycles. The number of benzene rings is 1. The van der Waals surface area contributed by atoms with Gasteiger partial charge in [-0.05, 0) is 36.0 Å². The highest BCUT2D eigenvalue weighted by Gasteiger charge is 2.36. The Balaban J connectivity index is 1.72. The minimum Gasteiger partial charge on any atom is -0.468 e. The van der Waals surface area contributed by atoms with Crippen LogP contribution in [0.15, 0.2) is 61.8 Å². The number of esters is 1. The van der Waals surface area contributed by atoms with Crippen molar-refractivity contribution in [2.24, 2.45) is 0 Å². The van der Waals surface area contributed by atoms with Crippen molar-refractivity contribution in [2.45, 2.75) is 9.99 Å². The van der Waals surface area contributed by atoms with E-state index in [2.05, 4.69) is 4.74 Å². The van der Waals surface area contributed by atoms with Crippen LogP contribution in [0.4, 0.5) is 4.79 Å². The van der Waals surface area contributed by atoms with E-state index in [9.17, 15) is 14.4 Å². The summed E-state index contributed by atoms with van der Waals surface area (Å²) in [5, 5.41) is 0.165. The molecule has 2 heterocycles. The Morgan fingerprint density at radius 1 is 1.24 bits per heavy atom. The summed E-state index contributed by atoms with van der Waals surface area (Å²) in [6.07, 6.45) is 1.50. The summed E-state index contributed by atoms with van der Waals surface area (Å²) in [5.41, 5.74) is 0. The highest BCUT2D eigenvalue weighted by molar-refractivity contribution is 8.18. The molecule has 1 aliphatic heterocycles. The standard InChI is InChI=1S/C17H13NO5S2/c1-22-14(19)10-18-16(20)13(25-17(18)21)9-11-7-8-15(23-11)24-12-5-3-2-4-6-12/h2-9H,10H2,1H3/b13-9+. The highest BCUT2D eigenvalue weighted by Crippen LogP contribution is 2.34. The van der Waals surface area contributed by atoms with Gasteiger partial charge in [-0.15, -0.1) is 0 Å². The van der Waals surface area contributed by atoms with Gasteiger partial charge in [0.25, 0.3) is 11.1 Å². The minimum atomic E-state index is -0.650. The lowest BCUT2D eigenvalue weighted by atomic mass is 10.3. The number of nitrogens with zero attached hydrogens (tertiary/aromatic N) is 1. The minimum absolute atomic E-state index is 0.208. The summed E-state index contributed by atoms with van der Waals surface area (Å²) < 4.78 is 10.2. The van der Waals surface area contributed by atoms with Gasteiger partial charge in [0.2, 0.25) is 0 Å². The number of rotatable bonds is 5. The molecule has 25 heavy (non-hydrogen) atoms. The van der Waals surface area contributed by atoms with Crippen LogP contribution in [0.3, 0.4) is 0 Å². The van der Waals surface area contributed by atoms with Crippen LogP contribution in [0.5, 0.6) is 0 Å². The van der Waals surface area contributed by atoms with E-state index in [4.69, 9.17) is 4.42 Å². The molecule has 2 aromatic rings. The van der Waals surface area contributed by atoms with E-state index >= 15 is 0 Å². The molecule has 0 spiro atoms. The van der Waals surface area contributed by atoms with Crippen LogP contribution in [0.2, 0.25) is 0 Å². The SMILES string of the molecule is COC(=O)CN1C(=O)S/C(=C/c2ccc(Sc3ccccc3)o2)C1=O. The molecule has 128 valence electrons. The number of amides is 2. The molecule has 2 amide bonds. The maximum Gasteiger partial charge on any atom is 0.325 e. The molecule has 6 nitrogen and oxygen atoms in total. The van der Waals surface area contributed by atoms with E-state index < -0.39 is 23.7 Å². The average Bonchev–Trinajstić information content (AvgIpc) is 3.15. The number of hydrogen-bond acceptors (Lipinski definition) is 7. The molecule has 0 aliphatic carbocycles. The Morgan fingerprint density at radius 2 is 2.00 bits per heavy atom. The fraction of sp³-hybridized carbons (Fsp3) is 0.118. The second-order valence-electron chi connectivity index (χ2n) is 4.92. The Bertz CT molecular complexity index is 844.